The minimum atomic E-state index is -0.440. The number of rotatable bonds is 5. The van der Waals surface area contributed by atoms with Gasteiger partial charge in [0.2, 0.25) is 11.8 Å². The highest BCUT2D eigenvalue weighted by molar-refractivity contribution is 6.30. The van der Waals surface area contributed by atoms with Crippen LogP contribution in [0.25, 0.3) is 0 Å². The van der Waals surface area contributed by atoms with E-state index in [1.165, 1.54) is 7.11 Å². The van der Waals surface area contributed by atoms with Crippen molar-refractivity contribution in [1.29, 1.82) is 0 Å². The number of methoxy groups -OCH3 is 1. The molecule has 0 aliphatic heterocycles. The van der Waals surface area contributed by atoms with Gasteiger partial charge < -0.3 is 15.4 Å². The molecule has 7 heteroatoms. The molecule has 27 heavy (non-hydrogen) atoms. The molecule has 2 atom stereocenters. The number of esters is 1. The highest BCUT2D eigenvalue weighted by Gasteiger charge is 2.48. The lowest BCUT2D eigenvalue weighted by atomic mass is 10.2. The fourth-order valence-corrected chi connectivity index (χ4v) is 3.04. The summed E-state index contributed by atoms with van der Waals surface area (Å²) in [5.41, 5.74) is 2.52. The highest BCUT2D eigenvalue weighted by Crippen LogP contribution is 2.40. The Labute approximate surface area is 161 Å². The molecule has 0 bridgehead atoms. The van der Waals surface area contributed by atoms with Crippen LogP contribution in [0.3, 0.4) is 0 Å². The zero-order valence-corrected chi connectivity index (χ0v) is 15.7. The van der Waals surface area contributed by atoms with E-state index in [2.05, 4.69) is 15.4 Å². The molecule has 0 spiro atoms. The second kappa shape index (κ2) is 7.80. The number of anilines is 2. The van der Waals surface area contributed by atoms with Crippen molar-refractivity contribution in [2.45, 2.75) is 13.3 Å². The molecule has 0 aromatic heterocycles. The Morgan fingerprint density at radius 2 is 1.63 bits per heavy atom. The van der Waals surface area contributed by atoms with Crippen LogP contribution < -0.4 is 10.6 Å². The molecule has 0 heterocycles. The van der Waals surface area contributed by atoms with Gasteiger partial charge in [0.15, 0.2) is 0 Å². The zero-order chi connectivity index (χ0) is 19.6. The number of carbonyl (C=O) groups excluding carboxylic acids is 3. The standard InChI is InChI=1S/C20H19ClN2O4/c1-11-9-13(21)5-8-17(11)23-19(25)16-10-15(16)18(24)22-14-6-3-12(4-7-14)20(26)27-2/h3-9,15-16H,10H2,1-2H3,(H,22,24)(H,23,25). The van der Waals surface area contributed by atoms with E-state index < -0.39 is 5.97 Å². The van der Waals surface area contributed by atoms with Crippen molar-refractivity contribution in [2.75, 3.05) is 17.7 Å². The van der Waals surface area contributed by atoms with Crippen LogP contribution >= 0.6 is 11.6 Å². The molecule has 1 fully saturated rings. The van der Waals surface area contributed by atoms with Crippen molar-refractivity contribution >= 4 is 40.8 Å². The minimum absolute atomic E-state index is 0.179. The smallest absolute Gasteiger partial charge is 0.337 e. The number of ether oxygens (including phenoxy) is 1. The van der Waals surface area contributed by atoms with Gasteiger partial charge in [-0.05, 0) is 61.4 Å². The largest absolute Gasteiger partial charge is 0.465 e. The fourth-order valence-electron chi connectivity index (χ4n) is 2.81. The molecular weight excluding hydrogens is 368 g/mol. The molecule has 2 unspecified atom stereocenters. The summed E-state index contributed by atoms with van der Waals surface area (Å²) in [6, 6.07) is 11.6. The average molecular weight is 387 g/mol. The summed E-state index contributed by atoms with van der Waals surface area (Å²) in [5.74, 6) is -1.55. The van der Waals surface area contributed by atoms with Crippen molar-refractivity contribution in [2.24, 2.45) is 11.8 Å². The Morgan fingerprint density at radius 1 is 1.00 bits per heavy atom. The Morgan fingerprint density at radius 3 is 2.22 bits per heavy atom. The number of hydrogen-bond acceptors (Lipinski definition) is 4. The third-order valence-corrected chi connectivity index (χ3v) is 4.72. The summed E-state index contributed by atoms with van der Waals surface area (Å²) < 4.78 is 4.63. The van der Waals surface area contributed by atoms with E-state index in [4.69, 9.17) is 11.6 Å². The maximum absolute atomic E-state index is 12.4. The first-order valence-corrected chi connectivity index (χ1v) is 8.83. The SMILES string of the molecule is COC(=O)c1ccc(NC(=O)C2CC2C(=O)Nc2ccc(Cl)cc2C)cc1. The third-order valence-electron chi connectivity index (χ3n) is 4.48. The van der Waals surface area contributed by atoms with Gasteiger partial charge in [0.25, 0.3) is 0 Å². The van der Waals surface area contributed by atoms with E-state index in [-0.39, 0.29) is 23.7 Å². The molecule has 0 radical (unpaired) electrons. The molecule has 2 amide bonds. The first-order valence-electron chi connectivity index (χ1n) is 8.45. The quantitative estimate of drug-likeness (QED) is 0.768. The zero-order valence-electron chi connectivity index (χ0n) is 14.9. The molecule has 140 valence electrons. The van der Waals surface area contributed by atoms with Gasteiger partial charge in [0.05, 0.1) is 24.5 Å². The van der Waals surface area contributed by atoms with Gasteiger partial charge in [0, 0.05) is 16.4 Å². The lowest BCUT2D eigenvalue weighted by molar-refractivity contribution is -0.122. The first-order chi connectivity index (χ1) is 12.9. The fraction of sp³-hybridized carbons (Fsp3) is 0.250. The number of benzene rings is 2. The lowest BCUT2D eigenvalue weighted by Crippen LogP contribution is -2.21. The van der Waals surface area contributed by atoms with Gasteiger partial charge in [-0.15, -0.1) is 0 Å². The summed E-state index contributed by atoms with van der Waals surface area (Å²) in [4.78, 5) is 36.1. The first kappa shape index (κ1) is 18.9. The lowest BCUT2D eigenvalue weighted by Gasteiger charge is -2.09. The van der Waals surface area contributed by atoms with Crippen LogP contribution in [0.2, 0.25) is 5.02 Å². The van der Waals surface area contributed by atoms with Crippen molar-refractivity contribution in [1.82, 2.24) is 0 Å². The molecule has 6 nitrogen and oxygen atoms in total. The van der Waals surface area contributed by atoms with Gasteiger partial charge in [-0.1, -0.05) is 11.6 Å². The second-order valence-electron chi connectivity index (χ2n) is 6.46. The minimum Gasteiger partial charge on any atom is -0.465 e. The van der Waals surface area contributed by atoms with Crippen molar-refractivity contribution in [3.05, 3.63) is 58.6 Å². The van der Waals surface area contributed by atoms with Gasteiger partial charge >= 0.3 is 5.97 Å². The molecule has 1 saturated carbocycles. The van der Waals surface area contributed by atoms with E-state index in [1.54, 1.807) is 42.5 Å². The summed E-state index contributed by atoms with van der Waals surface area (Å²) in [5, 5.41) is 6.22. The normalized spacial score (nSPS) is 17.7. The Balaban J connectivity index is 1.55. The Kier molecular flexibility index (Phi) is 5.46. The van der Waals surface area contributed by atoms with Crippen molar-refractivity contribution in [3.63, 3.8) is 0 Å². The molecule has 2 aromatic carbocycles. The number of nitrogens with one attached hydrogen (secondary N) is 2. The molecule has 1 aliphatic rings. The van der Waals surface area contributed by atoms with Crippen LogP contribution in [-0.2, 0) is 14.3 Å². The molecule has 3 rings (SSSR count). The summed E-state index contributed by atoms with van der Waals surface area (Å²) >= 11 is 5.91. The number of aryl methyl sites for hydroxylation is 1. The van der Waals surface area contributed by atoms with Crippen molar-refractivity contribution < 1.29 is 19.1 Å². The Bertz CT molecular complexity index is 895. The van der Waals surface area contributed by atoms with Gasteiger partial charge in [-0.2, -0.15) is 0 Å². The predicted octanol–water partition coefficient (Wildman–Crippen LogP) is 3.65. The highest BCUT2D eigenvalue weighted by atomic mass is 35.5. The van der Waals surface area contributed by atoms with E-state index in [1.807, 2.05) is 6.92 Å². The third kappa shape index (κ3) is 4.46. The predicted molar refractivity (Wildman–Crippen MR) is 103 cm³/mol. The molecule has 0 saturated heterocycles. The van der Waals surface area contributed by atoms with Gasteiger partial charge in [-0.25, -0.2) is 4.79 Å². The monoisotopic (exact) mass is 386 g/mol. The van der Waals surface area contributed by atoms with E-state index in [0.29, 0.717) is 28.4 Å². The van der Waals surface area contributed by atoms with Crippen LogP contribution in [0.5, 0.6) is 0 Å². The van der Waals surface area contributed by atoms with Crippen LogP contribution in [0, 0.1) is 18.8 Å². The number of amides is 2. The molecule has 1 aliphatic carbocycles. The van der Waals surface area contributed by atoms with E-state index in [0.717, 1.165) is 5.56 Å². The maximum atomic E-state index is 12.4. The van der Waals surface area contributed by atoms with Crippen LogP contribution in [0.15, 0.2) is 42.5 Å². The van der Waals surface area contributed by atoms with Crippen molar-refractivity contribution in [3.8, 4) is 0 Å². The van der Waals surface area contributed by atoms with E-state index >= 15 is 0 Å². The number of halogens is 1. The summed E-state index contributed by atoms with van der Waals surface area (Å²) in [6.45, 7) is 1.86. The molecular formula is C20H19ClN2O4. The second-order valence-corrected chi connectivity index (χ2v) is 6.89. The number of hydrogen-bond donors (Lipinski definition) is 2. The van der Waals surface area contributed by atoms with E-state index in [9.17, 15) is 14.4 Å². The Hall–Kier alpha value is -2.86. The van der Waals surface area contributed by atoms with Crippen LogP contribution in [0.1, 0.15) is 22.3 Å². The summed E-state index contributed by atoms with van der Waals surface area (Å²) in [6.07, 6.45) is 0.505. The summed E-state index contributed by atoms with van der Waals surface area (Å²) in [7, 11) is 1.31. The van der Waals surface area contributed by atoms with Gasteiger partial charge in [0.1, 0.15) is 0 Å². The van der Waals surface area contributed by atoms with Gasteiger partial charge in [-0.3, -0.25) is 9.59 Å². The number of carbonyl (C=O) groups is 3. The average Bonchev–Trinajstić information content (AvgIpc) is 3.45. The molecule has 2 aromatic rings. The van der Waals surface area contributed by atoms with Crippen LogP contribution in [-0.4, -0.2) is 24.9 Å². The topological polar surface area (TPSA) is 84.5 Å². The molecule has 2 N–H and O–H groups in total. The maximum Gasteiger partial charge on any atom is 0.337 e. The van der Waals surface area contributed by atoms with Crippen LogP contribution in [0.4, 0.5) is 11.4 Å².